The summed E-state index contributed by atoms with van der Waals surface area (Å²) < 4.78 is 25.2. The summed E-state index contributed by atoms with van der Waals surface area (Å²) in [4.78, 5) is 16.9. The number of aromatic nitrogens is 1. The molecule has 142 valence electrons. The number of carbonyl (C=O) groups excluding carboxylic acids is 1. The first kappa shape index (κ1) is 18.0. The molecule has 5 nitrogen and oxygen atoms in total. The van der Waals surface area contributed by atoms with Crippen LogP contribution in [0.4, 0.5) is 10.1 Å². The third kappa shape index (κ3) is 3.41. The number of fused-ring (bicyclic) bond motifs is 1. The summed E-state index contributed by atoms with van der Waals surface area (Å²) in [5.74, 6) is 0.382. The van der Waals surface area contributed by atoms with E-state index in [1.54, 1.807) is 31.3 Å². The quantitative estimate of drug-likeness (QED) is 0.728. The molecule has 6 heteroatoms. The molecule has 1 N–H and O–H groups in total. The molecule has 0 saturated carbocycles. The van der Waals surface area contributed by atoms with Gasteiger partial charge in [-0.15, -0.1) is 0 Å². The van der Waals surface area contributed by atoms with Gasteiger partial charge in [0.05, 0.1) is 23.1 Å². The molecule has 4 rings (SSSR count). The van der Waals surface area contributed by atoms with Gasteiger partial charge in [0.15, 0.2) is 11.5 Å². The van der Waals surface area contributed by atoms with E-state index in [9.17, 15) is 9.18 Å². The zero-order chi connectivity index (χ0) is 19.7. The maximum absolute atomic E-state index is 14.0. The van der Waals surface area contributed by atoms with Crippen molar-refractivity contribution in [2.45, 2.75) is 13.8 Å². The van der Waals surface area contributed by atoms with Gasteiger partial charge in [0.2, 0.25) is 0 Å². The molecule has 0 bridgehead atoms. The molecule has 0 aliphatic carbocycles. The van der Waals surface area contributed by atoms with E-state index in [0.29, 0.717) is 30.2 Å². The fraction of sp³-hybridized carbons (Fsp3) is 0.182. The fourth-order valence-corrected chi connectivity index (χ4v) is 3.21. The van der Waals surface area contributed by atoms with Crippen LogP contribution >= 0.6 is 0 Å². The van der Waals surface area contributed by atoms with Crippen LogP contribution in [0.15, 0.2) is 48.7 Å². The monoisotopic (exact) mass is 378 g/mol. The molecule has 0 fully saturated rings. The van der Waals surface area contributed by atoms with E-state index in [1.807, 2.05) is 25.1 Å². The van der Waals surface area contributed by atoms with E-state index in [2.05, 4.69) is 10.3 Å². The molecule has 0 unspecified atom stereocenters. The molecular formula is C22H19FN2O3. The molecule has 1 amide bonds. The van der Waals surface area contributed by atoms with Crippen molar-refractivity contribution in [2.75, 3.05) is 18.5 Å². The lowest BCUT2D eigenvalue weighted by Crippen LogP contribution is -2.16. The minimum Gasteiger partial charge on any atom is -0.486 e. The Morgan fingerprint density at radius 2 is 1.79 bits per heavy atom. The normalized spacial score (nSPS) is 12.5. The number of nitrogens with one attached hydrogen (secondary N) is 1. The van der Waals surface area contributed by atoms with E-state index in [-0.39, 0.29) is 5.56 Å². The van der Waals surface area contributed by atoms with Gasteiger partial charge >= 0.3 is 0 Å². The molecule has 3 aromatic rings. The van der Waals surface area contributed by atoms with Crippen LogP contribution in [0.3, 0.4) is 0 Å². The van der Waals surface area contributed by atoms with Crippen LogP contribution in [0.5, 0.6) is 11.5 Å². The van der Waals surface area contributed by atoms with Crippen LogP contribution in [0, 0.1) is 19.7 Å². The van der Waals surface area contributed by atoms with Gasteiger partial charge < -0.3 is 14.8 Å². The zero-order valence-electron chi connectivity index (χ0n) is 15.6. The van der Waals surface area contributed by atoms with Gasteiger partial charge in [-0.3, -0.25) is 9.78 Å². The Balaban J connectivity index is 1.57. The van der Waals surface area contributed by atoms with Crippen molar-refractivity contribution in [1.29, 1.82) is 0 Å². The Labute approximate surface area is 162 Å². The number of carbonyl (C=O) groups is 1. The topological polar surface area (TPSA) is 60.5 Å². The van der Waals surface area contributed by atoms with Gasteiger partial charge in [-0.25, -0.2) is 4.39 Å². The van der Waals surface area contributed by atoms with Crippen molar-refractivity contribution in [1.82, 2.24) is 4.98 Å². The lowest BCUT2D eigenvalue weighted by atomic mass is 10.0. The Bertz CT molecular complexity index is 1030. The van der Waals surface area contributed by atoms with Crippen molar-refractivity contribution < 1.29 is 18.7 Å². The van der Waals surface area contributed by atoms with E-state index in [1.165, 1.54) is 6.07 Å². The van der Waals surface area contributed by atoms with Gasteiger partial charge in [-0.05, 0) is 55.3 Å². The Morgan fingerprint density at radius 1 is 1.04 bits per heavy atom. The number of amides is 1. The highest BCUT2D eigenvalue weighted by molar-refractivity contribution is 6.05. The molecule has 0 radical (unpaired) electrons. The summed E-state index contributed by atoms with van der Waals surface area (Å²) in [6.07, 6.45) is 1.56. The number of halogens is 1. The third-order valence-corrected chi connectivity index (χ3v) is 4.64. The van der Waals surface area contributed by atoms with E-state index >= 15 is 0 Å². The van der Waals surface area contributed by atoms with Crippen molar-refractivity contribution in [3.8, 4) is 22.8 Å². The Hall–Kier alpha value is -3.41. The van der Waals surface area contributed by atoms with Crippen molar-refractivity contribution in [2.24, 2.45) is 0 Å². The van der Waals surface area contributed by atoms with E-state index < -0.39 is 11.7 Å². The van der Waals surface area contributed by atoms with Gasteiger partial charge in [-0.2, -0.15) is 0 Å². The number of hydrogen-bond acceptors (Lipinski definition) is 4. The molecule has 0 atom stereocenters. The van der Waals surface area contributed by atoms with Crippen molar-refractivity contribution in [3.63, 3.8) is 0 Å². The van der Waals surface area contributed by atoms with Crippen LogP contribution in [-0.2, 0) is 0 Å². The predicted octanol–water partition coefficient (Wildman–Crippen LogP) is 4.53. The average Bonchev–Trinajstić information content (AvgIpc) is 2.68. The number of aryl methyl sites for hydroxylation is 2. The van der Waals surface area contributed by atoms with Gasteiger partial charge in [0.1, 0.15) is 19.0 Å². The Morgan fingerprint density at radius 3 is 2.46 bits per heavy atom. The highest BCUT2D eigenvalue weighted by Crippen LogP contribution is 2.36. The maximum atomic E-state index is 14.0. The Kier molecular flexibility index (Phi) is 4.69. The minimum absolute atomic E-state index is 0.0363. The lowest BCUT2D eigenvalue weighted by molar-refractivity contribution is 0.102. The summed E-state index contributed by atoms with van der Waals surface area (Å²) in [5, 5.41) is 2.70. The van der Waals surface area contributed by atoms with Crippen LogP contribution in [-0.4, -0.2) is 24.1 Å². The largest absolute Gasteiger partial charge is 0.486 e. The highest BCUT2D eigenvalue weighted by atomic mass is 19.1. The number of ether oxygens (including phenoxy) is 2. The molecule has 1 aliphatic heterocycles. The standard InChI is InChI=1S/C22H19FN2O3/c1-13-4-3-5-17(23)21(13)22(26)25-15-6-7-18(24-12-15)16-11-20-19(10-14(16)2)27-8-9-28-20/h3-7,10-12H,8-9H2,1-2H3,(H,25,26). The van der Waals surface area contributed by atoms with Crippen molar-refractivity contribution >= 4 is 11.6 Å². The first-order valence-corrected chi connectivity index (χ1v) is 8.96. The molecule has 1 aromatic heterocycles. The van der Waals surface area contributed by atoms with Gasteiger partial charge in [-0.1, -0.05) is 12.1 Å². The summed E-state index contributed by atoms with van der Waals surface area (Å²) in [5.41, 5.74) is 3.78. The number of benzene rings is 2. The summed E-state index contributed by atoms with van der Waals surface area (Å²) in [7, 11) is 0. The zero-order valence-corrected chi connectivity index (χ0v) is 15.6. The third-order valence-electron chi connectivity index (χ3n) is 4.64. The fourth-order valence-electron chi connectivity index (χ4n) is 3.21. The SMILES string of the molecule is Cc1cc2c(cc1-c1ccc(NC(=O)c3c(C)cccc3F)cn1)OCCO2. The highest BCUT2D eigenvalue weighted by Gasteiger charge is 2.17. The lowest BCUT2D eigenvalue weighted by Gasteiger charge is -2.20. The van der Waals surface area contributed by atoms with E-state index in [0.717, 1.165) is 22.6 Å². The molecular weight excluding hydrogens is 359 g/mol. The maximum Gasteiger partial charge on any atom is 0.258 e. The number of rotatable bonds is 3. The first-order valence-electron chi connectivity index (χ1n) is 8.96. The number of hydrogen-bond donors (Lipinski definition) is 1. The number of anilines is 1. The van der Waals surface area contributed by atoms with Gasteiger partial charge in [0.25, 0.3) is 5.91 Å². The molecule has 0 saturated heterocycles. The number of nitrogens with zero attached hydrogens (tertiary/aromatic N) is 1. The smallest absolute Gasteiger partial charge is 0.258 e. The second kappa shape index (κ2) is 7.31. The van der Waals surface area contributed by atoms with Crippen LogP contribution in [0.25, 0.3) is 11.3 Å². The predicted molar refractivity (Wildman–Crippen MR) is 104 cm³/mol. The molecule has 2 aromatic carbocycles. The molecule has 28 heavy (non-hydrogen) atoms. The van der Waals surface area contributed by atoms with Crippen LogP contribution in [0.1, 0.15) is 21.5 Å². The number of pyridine rings is 1. The van der Waals surface area contributed by atoms with Crippen LogP contribution in [0.2, 0.25) is 0 Å². The molecule has 0 spiro atoms. The molecule has 2 heterocycles. The van der Waals surface area contributed by atoms with Crippen molar-refractivity contribution in [3.05, 3.63) is 71.2 Å². The second-order valence-corrected chi connectivity index (χ2v) is 6.63. The second-order valence-electron chi connectivity index (χ2n) is 6.63. The van der Waals surface area contributed by atoms with Gasteiger partial charge in [0, 0.05) is 5.56 Å². The minimum atomic E-state index is -0.547. The first-order chi connectivity index (χ1) is 13.5. The van der Waals surface area contributed by atoms with E-state index in [4.69, 9.17) is 9.47 Å². The summed E-state index contributed by atoms with van der Waals surface area (Å²) in [6, 6.07) is 11.9. The summed E-state index contributed by atoms with van der Waals surface area (Å²) in [6.45, 7) is 4.74. The molecule has 1 aliphatic rings. The summed E-state index contributed by atoms with van der Waals surface area (Å²) >= 11 is 0. The van der Waals surface area contributed by atoms with Crippen LogP contribution < -0.4 is 14.8 Å². The average molecular weight is 378 g/mol.